The molecular formula is C26H24N4O3S. The highest BCUT2D eigenvalue weighted by Gasteiger charge is 2.38. The smallest absolute Gasteiger partial charge is 0.278 e. The van der Waals surface area contributed by atoms with E-state index >= 15 is 0 Å². The molecule has 1 aliphatic carbocycles. The van der Waals surface area contributed by atoms with Gasteiger partial charge in [-0.05, 0) is 51.0 Å². The van der Waals surface area contributed by atoms with Crippen molar-refractivity contribution in [2.75, 3.05) is 4.90 Å². The van der Waals surface area contributed by atoms with E-state index in [9.17, 15) is 9.59 Å². The molecule has 0 bridgehead atoms. The molecule has 4 rings (SSSR count). The Morgan fingerprint density at radius 2 is 1.91 bits per heavy atom. The summed E-state index contributed by atoms with van der Waals surface area (Å²) in [4.78, 5) is 37.1. The fraction of sp³-hybridized carbons (Fsp3) is 0.231. The van der Waals surface area contributed by atoms with Gasteiger partial charge < -0.3 is 9.73 Å². The molecule has 172 valence electrons. The zero-order valence-corrected chi connectivity index (χ0v) is 19.9. The van der Waals surface area contributed by atoms with E-state index in [4.69, 9.17) is 10.8 Å². The highest BCUT2D eigenvalue weighted by atomic mass is 32.1. The Morgan fingerprint density at radius 3 is 2.47 bits per heavy atom. The number of allylic oxidation sites excluding steroid dienone is 2. The van der Waals surface area contributed by atoms with E-state index in [1.165, 1.54) is 22.6 Å². The van der Waals surface area contributed by atoms with Crippen molar-refractivity contribution >= 4 is 28.8 Å². The maximum Gasteiger partial charge on any atom is 0.278 e. The Hall–Kier alpha value is -3.96. The summed E-state index contributed by atoms with van der Waals surface area (Å²) >= 11 is 1.21. The summed E-state index contributed by atoms with van der Waals surface area (Å²) in [7, 11) is 0. The molecule has 1 aromatic carbocycles. The summed E-state index contributed by atoms with van der Waals surface area (Å²) < 4.78 is 5.37. The third-order valence-corrected chi connectivity index (χ3v) is 5.89. The van der Waals surface area contributed by atoms with E-state index in [1.54, 1.807) is 23.7 Å². The van der Waals surface area contributed by atoms with Crippen LogP contribution in [0.3, 0.4) is 0 Å². The largest absolute Gasteiger partial charge is 0.444 e. The van der Waals surface area contributed by atoms with Gasteiger partial charge in [0, 0.05) is 28.1 Å². The minimum Gasteiger partial charge on any atom is -0.444 e. The summed E-state index contributed by atoms with van der Waals surface area (Å²) in [6.07, 6.45) is 16.0. The predicted molar refractivity (Wildman–Crippen MR) is 132 cm³/mol. The number of nitrogens with zero attached hydrogens (tertiary/aromatic N) is 3. The normalized spacial score (nSPS) is 14.1. The Labute approximate surface area is 202 Å². The molecule has 0 saturated heterocycles. The Kier molecular flexibility index (Phi) is 6.48. The fourth-order valence-electron chi connectivity index (χ4n) is 3.68. The average molecular weight is 473 g/mol. The van der Waals surface area contributed by atoms with Crippen molar-refractivity contribution in [3.63, 3.8) is 0 Å². The zero-order chi connectivity index (χ0) is 24.3. The van der Waals surface area contributed by atoms with Gasteiger partial charge in [0.05, 0.1) is 6.20 Å². The summed E-state index contributed by atoms with van der Waals surface area (Å²) in [5, 5.41) is 5.05. The molecule has 2 aromatic heterocycles. The van der Waals surface area contributed by atoms with E-state index in [0.717, 1.165) is 5.56 Å². The number of nitrogens with one attached hydrogen (secondary N) is 1. The van der Waals surface area contributed by atoms with E-state index < -0.39 is 17.5 Å². The van der Waals surface area contributed by atoms with Gasteiger partial charge in [-0.15, -0.1) is 17.8 Å². The van der Waals surface area contributed by atoms with Crippen LogP contribution in [0.5, 0.6) is 0 Å². The number of oxazole rings is 1. The molecule has 1 aliphatic rings. The molecule has 0 radical (unpaired) electrons. The number of carbonyl (C=O) groups is 2. The number of anilines is 1. The van der Waals surface area contributed by atoms with Crippen LogP contribution in [0.2, 0.25) is 0 Å². The molecule has 2 heterocycles. The third-order valence-electron chi connectivity index (χ3n) is 5.12. The first-order valence-electron chi connectivity index (χ1n) is 10.7. The number of hydrogen-bond acceptors (Lipinski definition) is 6. The number of aromatic nitrogens is 2. The molecule has 1 N–H and O–H groups in total. The second-order valence-corrected chi connectivity index (χ2v) is 9.66. The van der Waals surface area contributed by atoms with Crippen LogP contribution in [-0.2, 0) is 4.79 Å². The molecule has 1 atom stereocenters. The van der Waals surface area contributed by atoms with Gasteiger partial charge in [-0.3, -0.25) is 14.5 Å². The van der Waals surface area contributed by atoms with Crippen LogP contribution >= 0.6 is 11.3 Å². The summed E-state index contributed by atoms with van der Waals surface area (Å²) in [6.45, 7) is 5.71. The minimum absolute atomic E-state index is 0.191. The average Bonchev–Trinajstić information content (AvgIpc) is 3.58. The van der Waals surface area contributed by atoms with Gasteiger partial charge >= 0.3 is 0 Å². The molecule has 0 spiro atoms. The molecule has 3 aromatic rings. The van der Waals surface area contributed by atoms with Crippen molar-refractivity contribution in [2.24, 2.45) is 5.92 Å². The first-order chi connectivity index (χ1) is 16.3. The molecule has 0 aliphatic heterocycles. The van der Waals surface area contributed by atoms with Crippen LogP contribution in [0.15, 0.2) is 71.0 Å². The van der Waals surface area contributed by atoms with E-state index in [2.05, 4.69) is 21.2 Å². The lowest BCUT2D eigenvalue weighted by Gasteiger charge is -2.35. The number of rotatable bonds is 6. The number of benzene rings is 1. The van der Waals surface area contributed by atoms with Crippen molar-refractivity contribution in [1.29, 1.82) is 0 Å². The number of terminal acetylenes is 1. The van der Waals surface area contributed by atoms with Crippen LogP contribution in [0, 0.1) is 18.3 Å². The van der Waals surface area contributed by atoms with Crippen LogP contribution in [0.1, 0.15) is 36.3 Å². The topological polar surface area (TPSA) is 88.3 Å². The van der Waals surface area contributed by atoms with E-state index in [1.807, 2.05) is 57.2 Å². The van der Waals surface area contributed by atoms with Gasteiger partial charge in [0.15, 0.2) is 17.2 Å². The number of thiazole rings is 1. The standard InChI is InChI=1S/C26H24N4O3S/c1-5-22-28-20(15-34-22)25(32)30(19-12-10-17(11-13-19)21-14-27-16-33-21)23(18-8-6-7-9-18)24(31)29-26(2,3)4/h1,6-16,18,23H,2-4H3,(H,29,31). The summed E-state index contributed by atoms with van der Waals surface area (Å²) in [5.41, 5.74) is 1.06. The third kappa shape index (κ3) is 5.00. The number of amides is 2. The Morgan fingerprint density at radius 1 is 1.21 bits per heavy atom. The van der Waals surface area contributed by atoms with Crippen LogP contribution < -0.4 is 10.2 Å². The first kappa shape index (κ1) is 23.2. The van der Waals surface area contributed by atoms with E-state index in [0.29, 0.717) is 16.5 Å². The molecule has 8 heteroatoms. The lowest BCUT2D eigenvalue weighted by molar-refractivity contribution is -0.124. The van der Waals surface area contributed by atoms with Crippen molar-refractivity contribution in [3.8, 4) is 23.7 Å². The Bertz CT molecular complexity index is 1260. The predicted octanol–water partition coefficient (Wildman–Crippen LogP) is 4.45. The van der Waals surface area contributed by atoms with Gasteiger partial charge in [-0.1, -0.05) is 24.3 Å². The monoisotopic (exact) mass is 472 g/mol. The fourth-order valence-corrected chi connectivity index (χ4v) is 4.27. The molecule has 2 amide bonds. The van der Waals surface area contributed by atoms with Crippen LogP contribution in [0.4, 0.5) is 5.69 Å². The highest BCUT2D eigenvalue weighted by Crippen LogP contribution is 2.30. The van der Waals surface area contributed by atoms with Crippen LogP contribution in [-0.4, -0.2) is 33.4 Å². The SMILES string of the molecule is C#Cc1nc(C(=O)N(c2ccc(-c3cnco3)cc2)C(C(=O)NC(C)(C)C)C2C=CC=C2)cs1. The van der Waals surface area contributed by atoms with Gasteiger partial charge in [-0.2, -0.15) is 0 Å². The molecule has 34 heavy (non-hydrogen) atoms. The molecule has 0 fully saturated rings. The lowest BCUT2D eigenvalue weighted by atomic mass is 9.96. The lowest BCUT2D eigenvalue weighted by Crippen LogP contribution is -2.56. The van der Waals surface area contributed by atoms with Crippen LogP contribution in [0.25, 0.3) is 11.3 Å². The van der Waals surface area contributed by atoms with Crippen molar-refractivity contribution in [3.05, 3.63) is 77.2 Å². The molecule has 0 saturated carbocycles. The highest BCUT2D eigenvalue weighted by molar-refractivity contribution is 7.10. The number of hydrogen-bond donors (Lipinski definition) is 1. The molecule has 7 nitrogen and oxygen atoms in total. The number of carbonyl (C=O) groups excluding carboxylic acids is 2. The van der Waals surface area contributed by atoms with Crippen molar-refractivity contribution in [2.45, 2.75) is 32.4 Å². The van der Waals surface area contributed by atoms with Gasteiger partial charge in [0.1, 0.15) is 11.7 Å². The molecule has 1 unspecified atom stereocenters. The Balaban J connectivity index is 1.80. The maximum absolute atomic E-state index is 13.8. The first-order valence-corrected chi connectivity index (χ1v) is 11.6. The van der Waals surface area contributed by atoms with Crippen molar-refractivity contribution < 1.29 is 14.0 Å². The molecular weight excluding hydrogens is 448 g/mol. The second-order valence-electron chi connectivity index (χ2n) is 8.80. The summed E-state index contributed by atoms with van der Waals surface area (Å²) in [6, 6.07) is 6.37. The van der Waals surface area contributed by atoms with Gasteiger partial charge in [0.2, 0.25) is 5.91 Å². The van der Waals surface area contributed by atoms with Gasteiger partial charge in [0.25, 0.3) is 5.91 Å². The second kappa shape index (κ2) is 9.49. The minimum atomic E-state index is -0.839. The quantitative estimate of drug-likeness (QED) is 0.536. The maximum atomic E-state index is 13.8. The summed E-state index contributed by atoms with van der Waals surface area (Å²) in [5.74, 6) is 2.07. The van der Waals surface area contributed by atoms with Crippen molar-refractivity contribution in [1.82, 2.24) is 15.3 Å². The van der Waals surface area contributed by atoms with Gasteiger partial charge in [-0.25, -0.2) is 9.97 Å². The zero-order valence-electron chi connectivity index (χ0n) is 19.1. The van der Waals surface area contributed by atoms with E-state index in [-0.39, 0.29) is 17.5 Å².